The van der Waals surface area contributed by atoms with E-state index in [9.17, 15) is 24.0 Å². The third-order valence-corrected chi connectivity index (χ3v) is 8.23. The summed E-state index contributed by atoms with van der Waals surface area (Å²) in [6.45, 7) is 21.6. The van der Waals surface area contributed by atoms with E-state index in [4.69, 9.17) is 23.7 Å². The van der Waals surface area contributed by atoms with Crippen molar-refractivity contribution < 1.29 is 47.7 Å². The summed E-state index contributed by atoms with van der Waals surface area (Å²) in [5, 5.41) is 0. The molecular formula is C34H53BrO10. The van der Waals surface area contributed by atoms with E-state index in [0.29, 0.717) is 37.0 Å². The van der Waals surface area contributed by atoms with Gasteiger partial charge in [-0.1, -0.05) is 29.1 Å². The van der Waals surface area contributed by atoms with E-state index < -0.39 is 33.4 Å². The van der Waals surface area contributed by atoms with Crippen molar-refractivity contribution in [3.63, 3.8) is 0 Å². The molecule has 0 aromatic carbocycles. The Labute approximate surface area is 277 Å². The number of Topliss-reactive ketones (excluding diaryl/α,β-unsaturated/α-hetero) is 1. The van der Waals surface area contributed by atoms with Crippen molar-refractivity contribution >= 4 is 45.6 Å². The molecule has 0 spiro atoms. The lowest BCUT2D eigenvalue weighted by Gasteiger charge is -2.42. The number of rotatable bonds is 6. The van der Waals surface area contributed by atoms with Crippen LogP contribution in [0.3, 0.4) is 0 Å². The van der Waals surface area contributed by atoms with Crippen LogP contribution >= 0.6 is 15.9 Å². The Hall–Kier alpha value is -2.53. The summed E-state index contributed by atoms with van der Waals surface area (Å²) < 4.78 is 25.2. The second kappa shape index (κ2) is 18.6. The normalized spacial score (nSPS) is 24.8. The van der Waals surface area contributed by atoms with E-state index in [-0.39, 0.29) is 23.8 Å². The summed E-state index contributed by atoms with van der Waals surface area (Å²) in [7, 11) is 0. The Balaban J connectivity index is 0.000000328. The van der Waals surface area contributed by atoms with Crippen LogP contribution in [-0.2, 0) is 47.7 Å². The minimum Gasteiger partial charge on any atom is -0.465 e. The lowest BCUT2D eigenvalue weighted by atomic mass is 9.67. The largest absolute Gasteiger partial charge is 0.465 e. The van der Waals surface area contributed by atoms with Crippen LogP contribution in [-0.4, -0.2) is 71.6 Å². The molecule has 256 valence electrons. The van der Waals surface area contributed by atoms with E-state index in [1.54, 1.807) is 48.5 Å². The van der Waals surface area contributed by atoms with Crippen molar-refractivity contribution in [1.82, 2.24) is 0 Å². The first-order valence-electron chi connectivity index (χ1n) is 15.8. The molecule has 2 heterocycles. The lowest BCUT2D eigenvalue weighted by molar-refractivity contribution is -0.177. The highest BCUT2D eigenvalue weighted by molar-refractivity contribution is 9.10. The van der Waals surface area contributed by atoms with Gasteiger partial charge in [-0.15, -0.1) is 0 Å². The summed E-state index contributed by atoms with van der Waals surface area (Å²) in [5.41, 5.74) is -0.913. The standard InChI is InChI=1S/C14H20O4.C10H14O3.C6H11BrO2.C4H8O/c1-9(2)11(15)18-14-8-6-5-7-10(14)17-12(16)13(14,3)4;1-7(2)10(12)13-9-6-4-3-5-8(9)11;1-4-9-5(8)6(2,3)7;1-2-4-5-3-1/h10H,1,5-8H2,2-4H3;9H,1,3-6H2,2H3;4H2,1-3H3;1-4H2. The number of hydrogen-bond donors (Lipinski definition) is 0. The molecule has 2 aliphatic heterocycles. The lowest BCUT2D eigenvalue weighted by Crippen LogP contribution is -2.54. The maximum absolute atomic E-state index is 12.0. The Morgan fingerprint density at radius 2 is 1.51 bits per heavy atom. The zero-order chi connectivity index (χ0) is 34.4. The van der Waals surface area contributed by atoms with Crippen LogP contribution < -0.4 is 0 Å². The van der Waals surface area contributed by atoms with Gasteiger partial charge in [0.15, 0.2) is 17.5 Å². The van der Waals surface area contributed by atoms with Gasteiger partial charge in [0.1, 0.15) is 15.8 Å². The highest BCUT2D eigenvalue weighted by Crippen LogP contribution is 2.52. The molecule has 0 radical (unpaired) electrons. The van der Waals surface area contributed by atoms with E-state index in [1.807, 2.05) is 0 Å². The third-order valence-electron chi connectivity index (χ3n) is 7.91. The minimum absolute atomic E-state index is 0.0425. The molecule has 4 rings (SSSR count). The van der Waals surface area contributed by atoms with Crippen molar-refractivity contribution in [2.75, 3.05) is 19.8 Å². The number of carbonyl (C=O) groups is 5. The number of hydrogen-bond acceptors (Lipinski definition) is 10. The van der Waals surface area contributed by atoms with Crippen LogP contribution in [0.2, 0.25) is 0 Å². The summed E-state index contributed by atoms with van der Waals surface area (Å²) in [4.78, 5) is 57.0. The van der Waals surface area contributed by atoms with Gasteiger partial charge in [-0.05, 0) is 106 Å². The van der Waals surface area contributed by atoms with Crippen molar-refractivity contribution in [3.8, 4) is 0 Å². The third kappa shape index (κ3) is 12.3. The number of alkyl halides is 1. The highest BCUT2D eigenvalue weighted by Gasteiger charge is 2.66. The predicted molar refractivity (Wildman–Crippen MR) is 174 cm³/mol. The average molecular weight is 702 g/mol. The molecular weight excluding hydrogens is 648 g/mol. The molecule has 0 amide bonds. The van der Waals surface area contributed by atoms with Gasteiger partial charge in [-0.25, -0.2) is 9.59 Å². The van der Waals surface area contributed by atoms with Crippen LogP contribution in [0.1, 0.15) is 113 Å². The molecule has 0 aromatic rings. The van der Waals surface area contributed by atoms with Gasteiger partial charge in [0.05, 0.1) is 6.61 Å². The Morgan fingerprint density at radius 3 is 1.96 bits per heavy atom. The van der Waals surface area contributed by atoms with Crippen LogP contribution in [0.4, 0.5) is 0 Å². The number of esters is 4. The van der Waals surface area contributed by atoms with Gasteiger partial charge in [-0.2, -0.15) is 0 Å². The van der Waals surface area contributed by atoms with E-state index in [2.05, 4.69) is 29.1 Å². The number of fused-ring (bicyclic) bond motifs is 1. The highest BCUT2D eigenvalue weighted by atomic mass is 79.9. The molecule has 3 unspecified atom stereocenters. The van der Waals surface area contributed by atoms with Crippen molar-refractivity contribution in [3.05, 3.63) is 24.3 Å². The SMILES string of the molecule is C1CCOC1.C=C(C)C(=O)OC12CCCCC1OC(=O)C2(C)C.C=C(C)C(=O)OC1CCCCC1=O.CCOC(=O)C(C)(C)Br. The van der Waals surface area contributed by atoms with Gasteiger partial charge >= 0.3 is 23.9 Å². The monoisotopic (exact) mass is 700 g/mol. The van der Waals surface area contributed by atoms with Gasteiger partial charge < -0.3 is 23.7 Å². The fraction of sp³-hybridized carbons (Fsp3) is 0.735. The molecule has 45 heavy (non-hydrogen) atoms. The van der Waals surface area contributed by atoms with E-state index >= 15 is 0 Å². The first-order valence-corrected chi connectivity index (χ1v) is 16.6. The molecule has 0 aromatic heterocycles. The van der Waals surface area contributed by atoms with Crippen LogP contribution in [0.5, 0.6) is 0 Å². The second-order valence-electron chi connectivity index (χ2n) is 12.7. The Kier molecular flexibility index (Phi) is 16.7. The molecule has 0 bridgehead atoms. The fourth-order valence-corrected chi connectivity index (χ4v) is 5.16. The van der Waals surface area contributed by atoms with E-state index in [1.165, 1.54) is 12.8 Å². The van der Waals surface area contributed by atoms with Gasteiger partial charge in [-0.3, -0.25) is 14.4 Å². The molecule has 0 N–H and O–H groups in total. The summed E-state index contributed by atoms with van der Waals surface area (Å²) >= 11 is 3.17. The maximum atomic E-state index is 12.0. The molecule has 4 fully saturated rings. The molecule has 3 atom stereocenters. The van der Waals surface area contributed by atoms with Gasteiger partial charge in [0.2, 0.25) is 0 Å². The molecule has 10 nitrogen and oxygen atoms in total. The second-order valence-corrected chi connectivity index (χ2v) is 14.7. The zero-order valence-electron chi connectivity index (χ0n) is 28.2. The molecule has 2 aliphatic carbocycles. The summed E-state index contributed by atoms with van der Waals surface area (Å²) in [5.74, 6) is -1.34. The van der Waals surface area contributed by atoms with Crippen LogP contribution in [0.15, 0.2) is 24.3 Å². The maximum Gasteiger partial charge on any atom is 0.333 e. The summed E-state index contributed by atoms with van der Waals surface area (Å²) in [6.07, 6.45) is 8.19. The summed E-state index contributed by atoms with van der Waals surface area (Å²) in [6, 6.07) is 0. The van der Waals surface area contributed by atoms with Crippen molar-refractivity contribution in [2.45, 2.75) is 135 Å². The van der Waals surface area contributed by atoms with Crippen molar-refractivity contribution in [1.29, 1.82) is 0 Å². The quantitative estimate of drug-likeness (QED) is 0.131. The first-order chi connectivity index (χ1) is 20.9. The van der Waals surface area contributed by atoms with Crippen LogP contribution in [0, 0.1) is 5.41 Å². The first kappa shape index (κ1) is 40.5. The fourth-order valence-electron chi connectivity index (χ4n) is 5.05. The van der Waals surface area contributed by atoms with Gasteiger partial charge in [0.25, 0.3) is 0 Å². The van der Waals surface area contributed by atoms with Crippen LogP contribution in [0.25, 0.3) is 0 Å². The number of halogens is 1. The molecule has 11 heteroatoms. The Bertz CT molecular complexity index is 1060. The number of carbonyl (C=O) groups excluding carboxylic acids is 5. The van der Waals surface area contributed by atoms with Gasteiger partial charge in [0, 0.05) is 30.8 Å². The molecule has 2 saturated carbocycles. The minimum atomic E-state index is -0.821. The topological polar surface area (TPSA) is 132 Å². The molecule has 2 saturated heterocycles. The Morgan fingerprint density at radius 1 is 0.933 bits per heavy atom. The predicted octanol–water partition coefficient (Wildman–Crippen LogP) is 6.51. The average Bonchev–Trinajstić information content (AvgIpc) is 3.61. The zero-order valence-corrected chi connectivity index (χ0v) is 29.8. The van der Waals surface area contributed by atoms with E-state index in [0.717, 1.165) is 45.3 Å². The number of ketones is 1. The van der Waals surface area contributed by atoms with Crippen molar-refractivity contribution in [2.24, 2.45) is 5.41 Å². The smallest absolute Gasteiger partial charge is 0.333 e. The molecule has 4 aliphatic rings. The number of ether oxygens (including phenoxy) is 5.